The summed E-state index contributed by atoms with van der Waals surface area (Å²) >= 11 is 6.35. The number of fused-ring (bicyclic) bond motifs is 2. The number of methoxy groups -OCH3 is 1. The number of para-hydroxylation sites is 1. The third-order valence-electron chi connectivity index (χ3n) is 6.41. The first-order valence-corrected chi connectivity index (χ1v) is 11.0. The fourth-order valence-corrected chi connectivity index (χ4v) is 5.03. The number of hydrogen-bond donors (Lipinski definition) is 5. The lowest BCUT2D eigenvalue weighted by Gasteiger charge is -2.40. The second kappa shape index (κ2) is 8.03. The van der Waals surface area contributed by atoms with Crippen LogP contribution in [-0.4, -0.2) is 42.6 Å². The van der Waals surface area contributed by atoms with Crippen LogP contribution in [0.1, 0.15) is 28.9 Å². The number of aromatic amines is 1. The van der Waals surface area contributed by atoms with Crippen molar-refractivity contribution >= 4 is 34.7 Å². The smallest absolute Gasteiger partial charge is 0.255 e. The lowest BCUT2D eigenvalue weighted by Crippen LogP contribution is -2.52. The molecule has 1 fully saturated rings. The molecule has 6 N–H and O–H groups in total. The lowest BCUT2D eigenvalue weighted by molar-refractivity contribution is 0.0914. The fraction of sp³-hybridized carbons (Fsp3) is 0.304. The highest BCUT2D eigenvalue weighted by Crippen LogP contribution is 2.46. The molecule has 1 amide bonds. The number of piperidine rings is 1. The first kappa shape index (κ1) is 20.7. The maximum atomic E-state index is 13.2. The van der Waals surface area contributed by atoms with Gasteiger partial charge in [0.15, 0.2) is 5.75 Å². The Balaban J connectivity index is 1.73. The maximum Gasteiger partial charge on any atom is 0.255 e. The Hall–Kier alpha value is -3.23. The minimum atomic E-state index is -0.153. The SMILES string of the molecule is COc1c(Cl)cccc1Nc1c(-c2ccnc(N)c2)[nH]c2c1C(=O)NCC21CCNCC1. The van der Waals surface area contributed by atoms with Gasteiger partial charge in [-0.25, -0.2) is 4.98 Å². The molecule has 0 saturated carbocycles. The van der Waals surface area contributed by atoms with Crippen molar-refractivity contribution in [2.24, 2.45) is 0 Å². The molecule has 1 spiro atoms. The van der Waals surface area contributed by atoms with Crippen molar-refractivity contribution in [2.45, 2.75) is 18.3 Å². The van der Waals surface area contributed by atoms with Crippen molar-refractivity contribution in [3.8, 4) is 17.0 Å². The summed E-state index contributed by atoms with van der Waals surface area (Å²) < 4.78 is 5.53. The van der Waals surface area contributed by atoms with Crippen LogP contribution in [0.4, 0.5) is 17.2 Å². The van der Waals surface area contributed by atoms with Crippen LogP contribution in [0.5, 0.6) is 5.75 Å². The van der Waals surface area contributed by atoms with Crippen LogP contribution in [-0.2, 0) is 5.41 Å². The molecule has 0 bridgehead atoms. The molecule has 2 aliphatic rings. The second-order valence-corrected chi connectivity index (χ2v) is 8.66. The van der Waals surface area contributed by atoms with Crippen molar-refractivity contribution in [1.29, 1.82) is 0 Å². The van der Waals surface area contributed by atoms with Gasteiger partial charge in [0.1, 0.15) is 5.82 Å². The monoisotopic (exact) mass is 452 g/mol. The van der Waals surface area contributed by atoms with E-state index < -0.39 is 0 Å². The van der Waals surface area contributed by atoms with Crippen LogP contribution in [0.2, 0.25) is 5.02 Å². The van der Waals surface area contributed by atoms with E-state index in [1.807, 2.05) is 18.2 Å². The number of hydrogen-bond acceptors (Lipinski definition) is 6. The van der Waals surface area contributed by atoms with Crippen molar-refractivity contribution in [2.75, 3.05) is 37.8 Å². The van der Waals surface area contributed by atoms with E-state index in [0.29, 0.717) is 40.1 Å². The Morgan fingerprint density at radius 2 is 2.06 bits per heavy atom. The number of nitrogens with one attached hydrogen (secondary N) is 4. The highest BCUT2D eigenvalue weighted by atomic mass is 35.5. The summed E-state index contributed by atoms with van der Waals surface area (Å²) in [7, 11) is 1.57. The number of carbonyl (C=O) groups is 1. The van der Waals surface area contributed by atoms with Crippen LogP contribution in [0.15, 0.2) is 36.5 Å². The van der Waals surface area contributed by atoms with E-state index in [2.05, 4.69) is 25.9 Å². The second-order valence-electron chi connectivity index (χ2n) is 8.25. The van der Waals surface area contributed by atoms with E-state index in [4.69, 9.17) is 22.1 Å². The number of aromatic nitrogens is 2. The van der Waals surface area contributed by atoms with E-state index in [9.17, 15) is 4.79 Å². The van der Waals surface area contributed by atoms with Crippen LogP contribution >= 0.6 is 11.6 Å². The van der Waals surface area contributed by atoms with E-state index >= 15 is 0 Å². The molecule has 0 atom stereocenters. The third-order valence-corrected chi connectivity index (χ3v) is 6.70. The molecule has 2 aromatic heterocycles. The van der Waals surface area contributed by atoms with Gasteiger partial charge < -0.3 is 31.4 Å². The largest absolute Gasteiger partial charge is 0.493 e. The molecular formula is C23H25ClN6O2. The number of nitrogens with zero attached hydrogens (tertiary/aromatic N) is 1. The molecule has 32 heavy (non-hydrogen) atoms. The molecule has 1 aromatic carbocycles. The van der Waals surface area contributed by atoms with Gasteiger partial charge in [0.25, 0.3) is 5.91 Å². The number of anilines is 3. The minimum absolute atomic E-state index is 0.114. The van der Waals surface area contributed by atoms with Crippen LogP contribution in [0, 0.1) is 0 Å². The van der Waals surface area contributed by atoms with E-state index in [0.717, 1.165) is 42.9 Å². The average molecular weight is 453 g/mol. The van der Waals surface area contributed by atoms with Crippen molar-refractivity contribution in [1.82, 2.24) is 20.6 Å². The standard InChI is InChI=1S/C23H25ClN6O2/c1-32-20-14(24)3-2-4-15(20)29-19-17-21(30-18(19)13-5-8-27-16(25)11-13)23(12-28-22(17)31)6-9-26-10-7-23/h2-5,8,11,26,29-30H,6-7,9-10,12H2,1H3,(H2,25,27)(H,28,31). The van der Waals surface area contributed by atoms with Gasteiger partial charge in [0.05, 0.1) is 34.8 Å². The Morgan fingerprint density at radius 3 is 2.81 bits per heavy atom. The first-order chi connectivity index (χ1) is 15.5. The van der Waals surface area contributed by atoms with Gasteiger partial charge in [0.2, 0.25) is 0 Å². The zero-order chi connectivity index (χ0) is 22.3. The van der Waals surface area contributed by atoms with Gasteiger partial charge in [0, 0.05) is 29.4 Å². The van der Waals surface area contributed by atoms with Crippen molar-refractivity contribution in [3.63, 3.8) is 0 Å². The van der Waals surface area contributed by atoms with Gasteiger partial charge in [-0.3, -0.25) is 4.79 Å². The Morgan fingerprint density at radius 1 is 1.25 bits per heavy atom. The summed E-state index contributed by atoms with van der Waals surface area (Å²) in [6.45, 7) is 2.41. The molecule has 5 rings (SSSR count). The zero-order valence-corrected chi connectivity index (χ0v) is 18.5. The normalized spacial score (nSPS) is 17.0. The predicted octanol–water partition coefficient (Wildman–Crippen LogP) is 3.43. The fourth-order valence-electron chi connectivity index (χ4n) is 4.78. The zero-order valence-electron chi connectivity index (χ0n) is 17.7. The van der Waals surface area contributed by atoms with Gasteiger partial charge in [-0.2, -0.15) is 0 Å². The number of carbonyl (C=O) groups excluding carboxylic acids is 1. The summed E-state index contributed by atoms with van der Waals surface area (Å²) in [5, 5.41) is 10.5. The predicted molar refractivity (Wildman–Crippen MR) is 126 cm³/mol. The van der Waals surface area contributed by atoms with Crippen LogP contribution in [0.25, 0.3) is 11.3 Å². The molecular weight excluding hydrogens is 428 g/mol. The van der Waals surface area contributed by atoms with E-state index in [1.54, 1.807) is 25.4 Å². The first-order valence-electron chi connectivity index (χ1n) is 10.6. The average Bonchev–Trinajstić information content (AvgIpc) is 3.18. The number of ether oxygens (including phenoxy) is 1. The van der Waals surface area contributed by atoms with Gasteiger partial charge >= 0.3 is 0 Å². The molecule has 166 valence electrons. The number of rotatable bonds is 4. The molecule has 4 heterocycles. The van der Waals surface area contributed by atoms with Crippen molar-refractivity contribution in [3.05, 3.63) is 52.8 Å². The van der Waals surface area contributed by atoms with E-state index in [-0.39, 0.29) is 11.3 Å². The van der Waals surface area contributed by atoms with Crippen LogP contribution in [0.3, 0.4) is 0 Å². The Labute approximate surface area is 190 Å². The number of pyridine rings is 1. The maximum absolute atomic E-state index is 13.2. The summed E-state index contributed by atoms with van der Waals surface area (Å²) in [5.41, 5.74) is 10.4. The highest BCUT2D eigenvalue weighted by Gasteiger charge is 2.44. The third kappa shape index (κ3) is 3.36. The molecule has 9 heteroatoms. The molecule has 1 saturated heterocycles. The number of nitrogen functional groups attached to an aromatic ring is 1. The number of H-pyrrole nitrogens is 1. The summed E-state index contributed by atoms with van der Waals surface area (Å²) in [5.74, 6) is 0.802. The van der Waals surface area contributed by atoms with Crippen LogP contribution < -0.4 is 26.4 Å². The lowest BCUT2D eigenvalue weighted by atomic mass is 9.73. The van der Waals surface area contributed by atoms with Gasteiger partial charge in [-0.05, 0) is 50.2 Å². The van der Waals surface area contributed by atoms with Crippen molar-refractivity contribution < 1.29 is 9.53 Å². The van der Waals surface area contributed by atoms with E-state index in [1.165, 1.54) is 0 Å². The molecule has 0 unspecified atom stereocenters. The molecule has 0 aliphatic carbocycles. The number of benzene rings is 1. The summed E-state index contributed by atoms with van der Waals surface area (Å²) in [6.07, 6.45) is 3.52. The topological polar surface area (TPSA) is 117 Å². The number of halogens is 1. The minimum Gasteiger partial charge on any atom is -0.493 e. The Kier molecular flexibility index (Phi) is 5.19. The summed E-state index contributed by atoms with van der Waals surface area (Å²) in [4.78, 5) is 20.9. The molecule has 2 aliphatic heterocycles. The molecule has 8 nitrogen and oxygen atoms in total. The van der Waals surface area contributed by atoms with Gasteiger partial charge in [-0.1, -0.05) is 17.7 Å². The Bertz CT molecular complexity index is 1190. The number of amides is 1. The molecule has 0 radical (unpaired) electrons. The number of nitrogens with two attached hydrogens (primary N) is 1. The summed E-state index contributed by atoms with van der Waals surface area (Å²) in [6, 6.07) is 9.14. The molecule has 3 aromatic rings. The highest BCUT2D eigenvalue weighted by molar-refractivity contribution is 6.32. The van der Waals surface area contributed by atoms with Gasteiger partial charge in [-0.15, -0.1) is 0 Å². The quantitative estimate of drug-likeness (QED) is 0.414.